The molecular weight excluding hydrogens is 306 g/mol. The van der Waals surface area contributed by atoms with E-state index < -0.39 is 0 Å². The van der Waals surface area contributed by atoms with Crippen LogP contribution >= 0.6 is 15.9 Å². The average molecular weight is 322 g/mol. The number of nitrogens with one attached hydrogen (secondary N) is 1. The lowest BCUT2D eigenvalue weighted by Gasteiger charge is -2.13. The maximum Gasteiger partial charge on any atom is 0.180 e. The maximum atomic E-state index is 4.60. The predicted molar refractivity (Wildman–Crippen MR) is 79.1 cm³/mol. The molecule has 0 unspecified atom stereocenters. The highest BCUT2D eigenvalue weighted by Crippen LogP contribution is 2.30. The summed E-state index contributed by atoms with van der Waals surface area (Å²) in [5, 5.41) is 3.07. The average Bonchev–Trinajstić information content (AvgIpc) is 2.38. The largest absolute Gasteiger partial charge is 0.372 e. The van der Waals surface area contributed by atoms with Crippen LogP contribution in [0.5, 0.6) is 0 Å². The van der Waals surface area contributed by atoms with Gasteiger partial charge in [0.1, 0.15) is 17.3 Å². The van der Waals surface area contributed by atoms with Crippen molar-refractivity contribution in [2.24, 2.45) is 0 Å². The molecule has 100 valence electrons. The predicted octanol–water partition coefficient (Wildman–Crippen LogP) is 3.17. The molecule has 2 rings (SSSR count). The Hall–Kier alpha value is -1.56. The van der Waals surface area contributed by atoms with Crippen LogP contribution < -0.4 is 5.32 Å². The SMILES string of the molecule is CNc1nc(-c2ccnc(C)n2)nc(C(C)C)c1Br. The molecular formula is C13H16BrN5. The molecule has 0 saturated heterocycles. The van der Waals surface area contributed by atoms with Gasteiger partial charge in [-0.15, -0.1) is 0 Å². The third kappa shape index (κ3) is 2.89. The zero-order valence-corrected chi connectivity index (χ0v) is 13.0. The first-order valence-electron chi connectivity index (χ1n) is 6.08. The highest BCUT2D eigenvalue weighted by molar-refractivity contribution is 9.10. The summed E-state index contributed by atoms with van der Waals surface area (Å²) in [5.41, 5.74) is 1.70. The van der Waals surface area contributed by atoms with Crippen LogP contribution in [0, 0.1) is 6.92 Å². The summed E-state index contributed by atoms with van der Waals surface area (Å²) in [5.74, 6) is 2.39. The van der Waals surface area contributed by atoms with Crippen molar-refractivity contribution in [1.82, 2.24) is 19.9 Å². The van der Waals surface area contributed by atoms with Gasteiger partial charge in [-0.3, -0.25) is 0 Å². The zero-order valence-electron chi connectivity index (χ0n) is 11.4. The van der Waals surface area contributed by atoms with Gasteiger partial charge in [-0.1, -0.05) is 13.8 Å². The van der Waals surface area contributed by atoms with Crippen molar-refractivity contribution in [2.45, 2.75) is 26.7 Å². The van der Waals surface area contributed by atoms with E-state index in [2.05, 4.69) is 55.0 Å². The molecule has 0 bridgehead atoms. The Labute approximate surface area is 121 Å². The quantitative estimate of drug-likeness (QED) is 0.940. The lowest BCUT2D eigenvalue weighted by Crippen LogP contribution is -2.05. The number of aryl methyl sites for hydroxylation is 1. The molecule has 0 amide bonds. The van der Waals surface area contributed by atoms with E-state index in [1.54, 1.807) is 6.20 Å². The molecule has 2 heterocycles. The van der Waals surface area contributed by atoms with Gasteiger partial charge in [0.2, 0.25) is 0 Å². The normalized spacial score (nSPS) is 10.8. The molecule has 0 atom stereocenters. The monoisotopic (exact) mass is 321 g/mol. The second-order valence-corrected chi connectivity index (χ2v) is 5.28. The lowest BCUT2D eigenvalue weighted by molar-refractivity contribution is 0.808. The Morgan fingerprint density at radius 1 is 1.21 bits per heavy atom. The fraction of sp³-hybridized carbons (Fsp3) is 0.385. The molecule has 19 heavy (non-hydrogen) atoms. The van der Waals surface area contributed by atoms with Crippen LogP contribution in [0.3, 0.4) is 0 Å². The first-order valence-corrected chi connectivity index (χ1v) is 6.87. The van der Waals surface area contributed by atoms with Crippen LogP contribution in [0.4, 0.5) is 5.82 Å². The molecule has 0 saturated carbocycles. The zero-order chi connectivity index (χ0) is 14.0. The summed E-state index contributed by atoms with van der Waals surface area (Å²) in [6, 6.07) is 1.82. The van der Waals surface area contributed by atoms with E-state index in [4.69, 9.17) is 0 Å². The summed E-state index contributed by atoms with van der Waals surface area (Å²) in [4.78, 5) is 17.6. The Morgan fingerprint density at radius 3 is 2.53 bits per heavy atom. The van der Waals surface area contributed by atoms with E-state index in [0.717, 1.165) is 21.7 Å². The molecule has 0 aliphatic heterocycles. The van der Waals surface area contributed by atoms with Crippen molar-refractivity contribution >= 4 is 21.7 Å². The lowest BCUT2D eigenvalue weighted by atomic mass is 10.1. The van der Waals surface area contributed by atoms with E-state index in [-0.39, 0.29) is 0 Å². The standard InChI is InChI=1S/C13H16BrN5/c1-7(2)11-10(14)13(15-4)19-12(18-11)9-5-6-16-8(3)17-9/h5-7H,1-4H3,(H,15,18,19). The fourth-order valence-electron chi connectivity index (χ4n) is 1.71. The van der Waals surface area contributed by atoms with E-state index in [1.165, 1.54) is 0 Å². The van der Waals surface area contributed by atoms with Gasteiger partial charge < -0.3 is 5.32 Å². The van der Waals surface area contributed by atoms with Gasteiger partial charge in [0.05, 0.1) is 10.2 Å². The van der Waals surface area contributed by atoms with E-state index >= 15 is 0 Å². The molecule has 0 aliphatic carbocycles. The van der Waals surface area contributed by atoms with E-state index in [1.807, 2.05) is 20.0 Å². The third-order valence-corrected chi connectivity index (χ3v) is 3.45. The molecule has 2 aromatic rings. The second kappa shape index (κ2) is 5.61. The summed E-state index contributed by atoms with van der Waals surface area (Å²) in [7, 11) is 1.84. The second-order valence-electron chi connectivity index (χ2n) is 4.49. The number of aromatic nitrogens is 4. The van der Waals surface area contributed by atoms with Gasteiger partial charge in [-0.25, -0.2) is 19.9 Å². The number of hydrogen-bond acceptors (Lipinski definition) is 5. The van der Waals surface area contributed by atoms with E-state index in [9.17, 15) is 0 Å². The van der Waals surface area contributed by atoms with Crippen molar-refractivity contribution in [3.63, 3.8) is 0 Å². The molecule has 0 aliphatic rings. The Balaban J connectivity index is 2.61. The van der Waals surface area contributed by atoms with E-state index in [0.29, 0.717) is 17.6 Å². The number of nitrogens with zero attached hydrogens (tertiary/aromatic N) is 4. The van der Waals surface area contributed by atoms with Gasteiger partial charge in [-0.05, 0) is 34.8 Å². The minimum Gasteiger partial charge on any atom is -0.372 e. The highest BCUT2D eigenvalue weighted by Gasteiger charge is 2.15. The first-order chi connectivity index (χ1) is 9.02. The smallest absolute Gasteiger partial charge is 0.180 e. The maximum absolute atomic E-state index is 4.60. The summed E-state index contributed by atoms with van der Waals surface area (Å²) < 4.78 is 0.902. The van der Waals surface area contributed by atoms with Gasteiger partial charge in [0, 0.05) is 13.2 Å². The van der Waals surface area contributed by atoms with Gasteiger partial charge in [-0.2, -0.15) is 0 Å². The minimum atomic E-state index is 0.297. The number of rotatable bonds is 3. The highest BCUT2D eigenvalue weighted by atomic mass is 79.9. The molecule has 2 aromatic heterocycles. The molecule has 1 N–H and O–H groups in total. The Kier molecular flexibility index (Phi) is 4.09. The van der Waals surface area contributed by atoms with Crippen LogP contribution in [-0.4, -0.2) is 27.0 Å². The molecule has 0 aromatic carbocycles. The summed E-state index contributed by atoms with van der Waals surface area (Å²) in [6.07, 6.45) is 1.72. The van der Waals surface area contributed by atoms with Crippen LogP contribution in [0.25, 0.3) is 11.5 Å². The number of halogens is 1. The molecule has 0 radical (unpaired) electrons. The van der Waals surface area contributed by atoms with Crippen LogP contribution in [0.2, 0.25) is 0 Å². The number of anilines is 1. The summed E-state index contributed by atoms with van der Waals surface area (Å²) >= 11 is 3.54. The first kappa shape index (κ1) is 13.9. The Morgan fingerprint density at radius 2 is 1.95 bits per heavy atom. The molecule has 6 heteroatoms. The fourth-order valence-corrected chi connectivity index (χ4v) is 2.54. The molecule has 5 nitrogen and oxygen atoms in total. The number of hydrogen-bond donors (Lipinski definition) is 1. The van der Waals surface area contributed by atoms with Gasteiger partial charge in [0.25, 0.3) is 0 Å². The van der Waals surface area contributed by atoms with Gasteiger partial charge in [0.15, 0.2) is 5.82 Å². The molecule has 0 spiro atoms. The van der Waals surface area contributed by atoms with Crippen LogP contribution in [0.1, 0.15) is 31.3 Å². The minimum absolute atomic E-state index is 0.297. The summed E-state index contributed by atoms with van der Waals surface area (Å²) in [6.45, 7) is 6.05. The van der Waals surface area contributed by atoms with Crippen LogP contribution in [-0.2, 0) is 0 Å². The third-order valence-electron chi connectivity index (χ3n) is 2.67. The van der Waals surface area contributed by atoms with Crippen molar-refractivity contribution < 1.29 is 0 Å². The van der Waals surface area contributed by atoms with Gasteiger partial charge >= 0.3 is 0 Å². The van der Waals surface area contributed by atoms with Crippen molar-refractivity contribution in [1.29, 1.82) is 0 Å². The van der Waals surface area contributed by atoms with Crippen LogP contribution in [0.15, 0.2) is 16.7 Å². The topological polar surface area (TPSA) is 63.6 Å². The Bertz CT molecular complexity index is 598. The van der Waals surface area contributed by atoms with Crippen molar-refractivity contribution in [3.05, 3.63) is 28.3 Å². The molecule has 0 fully saturated rings. The van der Waals surface area contributed by atoms with Crippen molar-refractivity contribution in [2.75, 3.05) is 12.4 Å². The van der Waals surface area contributed by atoms with Crippen molar-refractivity contribution in [3.8, 4) is 11.5 Å².